The summed E-state index contributed by atoms with van der Waals surface area (Å²) in [6.07, 6.45) is 3.53. The van der Waals surface area contributed by atoms with Crippen LogP contribution in [0.3, 0.4) is 0 Å². The van der Waals surface area contributed by atoms with E-state index in [-0.39, 0.29) is 0 Å². The number of nitrogens with zero attached hydrogens (tertiary/aromatic N) is 3. The fourth-order valence-corrected chi connectivity index (χ4v) is 1.47. The summed E-state index contributed by atoms with van der Waals surface area (Å²) >= 11 is 0. The Balaban J connectivity index is 2.22. The highest BCUT2D eigenvalue weighted by Crippen LogP contribution is 2.19. The van der Waals surface area contributed by atoms with Gasteiger partial charge in [-0.1, -0.05) is 0 Å². The second-order valence-electron chi connectivity index (χ2n) is 3.45. The normalized spacial score (nSPS) is 16.9. The summed E-state index contributed by atoms with van der Waals surface area (Å²) in [6, 6.07) is 0.584. The van der Waals surface area contributed by atoms with Crippen molar-refractivity contribution in [3.63, 3.8) is 0 Å². The van der Waals surface area contributed by atoms with Gasteiger partial charge in [-0.25, -0.2) is 0 Å². The summed E-state index contributed by atoms with van der Waals surface area (Å²) in [5.41, 5.74) is 2.29. The number of rotatable bonds is 1. The van der Waals surface area contributed by atoms with Crippen molar-refractivity contribution in [2.45, 2.75) is 33.0 Å². The third-order valence-electron chi connectivity index (χ3n) is 2.30. The molecule has 2 rings (SSSR count). The Morgan fingerprint density at radius 1 is 1.17 bits per heavy atom. The Bertz CT molecular complexity index is 258. The molecule has 0 atom stereocenters. The van der Waals surface area contributed by atoms with Gasteiger partial charge in [0.05, 0.1) is 11.4 Å². The molecule has 64 valence electrons. The highest BCUT2D eigenvalue weighted by molar-refractivity contribution is 5.15. The smallest absolute Gasteiger partial charge is 0.0772 e. The van der Waals surface area contributed by atoms with Crippen molar-refractivity contribution in [1.82, 2.24) is 14.9 Å². The average Bonchev–Trinajstić information content (AvgIpc) is 2.46. The van der Waals surface area contributed by atoms with E-state index in [9.17, 15) is 0 Å². The topological polar surface area (TPSA) is 29.0 Å². The first-order valence-corrected chi connectivity index (χ1v) is 4.30. The summed E-state index contributed by atoms with van der Waals surface area (Å²) in [5, 5.41) is 0. The lowest BCUT2D eigenvalue weighted by molar-refractivity contribution is 0.225. The average molecular weight is 163 g/mol. The molecular formula is C9H13N3. The minimum atomic E-state index is 0.584. The van der Waals surface area contributed by atoms with Gasteiger partial charge in [0.2, 0.25) is 0 Å². The second-order valence-corrected chi connectivity index (χ2v) is 3.45. The van der Waals surface area contributed by atoms with Crippen LogP contribution in [0.25, 0.3) is 0 Å². The van der Waals surface area contributed by atoms with Crippen LogP contribution in [0.1, 0.15) is 25.2 Å². The zero-order valence-electron chi connectivity index (χ0n) is 7.49. The fourth-order valence-electron chi connectivity index (χ4n) is 1.47. The van der Waals surface area contributed by atoms with Crippen LogP contribution in [-0.4, -0.2) is 20.9 Å². The van der Waals surface area contributed by atoms with Crippen molar-refractivity contribution < 1.29 is 0 Å². The van der Waals surface area contributed by atoms with Gasteiger partial charge in [-0.15, -0.1) is 0 Å². The van der Waals surface area contributed by atoms with Crippen LogP contribution in [0.15, 0.2) is 12.4 Å². The third-order valence-corrected chi connectivity index (χ3v) is 2.30. The first-order chi connectivity index (χ1) is 5.77. The maximum atomic E-state index is 4.29. The van der Waals surface area contributed by atoms with Crippen molar-refractivity contribution in [3.05, 3.63) is 23.8 Å². The van der Waals surface area contributed by atoms with Crippen molar-refractivity contribution >= 4 is 0 Å². The van der Waals surface area contributed by atoms with E-state index in [1.54, 1.807) is 12.4 Å². The maximum Gasteiger partial charge on any atom is 0.0772 e. The lowest BCUT2D eigenvalue weighted by Gasteiger charge is -2.18. The summed E-state index contributed by atoms with van der Waals surface area (Å²) in [4.78, 5) is 10.9. The molecule has 1 aromatic heterocycles. The molecule has 3 heteroatoms. The highest BCUT2D eigenvalue weighted by atomic mass is 15.2. The van der Waals surface area contributed by atoms with Gasteiger partial charge in [0.15, 0.2) is 0 Å². The molecule has 1 aliphatic heterocycles. The first kappa shape index (κ1) is 7.68. The highest BCUT2D eigenvalue weighted by Gasteiger charge is 2.22. The molecule has 2 heterocycles. The molecule has 0 N–H and O–H groups in total. The molecule has 1 aromatic rings. The zero-order chi connectivity index (χ0) is 8.55. The molecule has 3 nitrogen and oxygen atoms in total. The first-order valence-electron chi connectivity index (χ1n) is 4.30. The molecule has 0 amide bonds. The van der Waals surface area contributed by atoms with E-state index >= 15 is 0 Å². The van der Waals surface area contributed by atoms with Crippen molar-refractivity contribution in [2.24, 2.45) is 0 Å². The van der Waals surface area contributed by atoms with E-state index in [1.165, 1.54) is 0 Å². The molecule has 1 aliphatic rings. The summed E-state index contributed by atoms with van der Waals surface area (Å²) in [5.74, 6) is 0. The Kier molecular flexibility index (Phi) is 1.81. The van der Waals surface area contributed by atoms with Crippen LogP contribution in [0.4, 0.5) is 0 Å². The Labute approximate surface area is 72.4 Å². The van der Waals surface area contributed by atoms with Crippen LogP contribution < -0.4 is 0 Å². The van der Waals surface area contributed by atoms with E-state index in [4.69, 9.17) is 0 Å². The molecule has 0 saturated carbocycles. The standard InChI is InChI=1S/C9H13N3/c1-7(2)12-5-8-9(6-12)11-4-3-10-8/h3-4,7H,5-6H2,1-2H3. The van der Waals surface area contributed by atoms with Crippen LogP contribution in [-0.2, 0) is 13.1 Å². The predicted octanol–water partition coefficient (Wildman–Crippen LogP) is 1.20. The largest absolute Gasteiger partial charge is 0.289 e. The number of aromatic nitrogens is 2. The van der Waals surface area contributed by atoms with E-state index in [0.717, 1.165) is 24.5 Å². The van der Waals surface area contributed by atoms with E-state index in [2.05, 4.69) is 28.7 Å². The second kappa shape index (κ2) is 2.83. The lowest BCUT2D eigenvalue weighted by atomic mass is 10.3. The molecule has 0 fully saturated rings. The van der Waals surface area contributed by atoms with E-state index in [0.29, 0.717) is 6.04 Å². The van der Waals surface area contributed by atoms with E-state index < -0.39 is 0 Å². The summed E-state index contributed by atoms with van der Waals surface area (Å²) < 4.78 is 0. The Hall–Kier alpha value is -0.960. The number of fused-ring (bicyclic) bond motifs is 1. The Morgan fingerprint density at radius 3 is 2.08 bits per heavy atom. The van der Waals surface area contributed by atoms with E-state index in [1.807, 2.05) is 0 Å². The number of hydrogen-bond acceptors (Lipinski definition) is 3. The molecule has 0 bridgehead atoms. The maximum absolute atomic E-state index is 4.29. The number of hydrogen-bond donors (Lipinski definition) is 0. The van der Waals surface area contributed by atoms with Gasteiger partial charge >= 0.3 is 0 Å². The van der Waals surface area contributed by atoms with Gasteiger partial charge < -0.3 is 0 Å². The van der Waals surface area contributed by atoms with Gasteiger partial charge in [-0.05, 0) is 13.8 Å². The summed E-state index contributed by atoms with van der Waals surface area (Å²) in [7, 11) is 0. The zero-order valence-corrected chi connectivity index (χ0v) is 7.49. The Morgan fingerprint density at radius 2 is 1.67 bits per heavy atom. The minimum absolute atomic E-state index is 0.584. The molecule has 0 spiro atoms. The van der Waals surface area contributed by atoms with Crippen LogP contribution >= 0.6 is 0 Å². The monoisotopic (exact) mass is 163 g/mol. The quantitative estimate of drug-likeness (QED) is 0.623. The predicted molar refractivity (Wildman–Crippen MR) is 46.4 cm³/mol. The van der Waals surface area contributed by atoms with Crippen molar-refractivity contribution in [1.29, 1.82) is 0 Å². The molecule has 0 unspecified atom stereocenters. The molecular weight excluding hydrogens is 150 g/mol. The van der Waals surface area contributed by atoms with Crippen LogP contribution in [0.5, 0.6) is 0 Å². The van der Waals surface area contributed by atoms with Crippen LogP contribution in [0, 0.1) is 0 Å². The fraction of sp³-hybridized carbons (Fsp3) is 0.556. The summed E-state index contributed by atoms with van der Waals surface area (Å²) in [6.45, 7) is 6.32. The molecule has 0 aliphatic carbocycles. The third kappa shape index (κ3) is 1.20. The van der Waals surface area contributed by atoms with Crippen molar-refractivity contribution in [3.8, 4) is 0 Å². The SMILES string of the molecule is CC(C)N1Cc2nccnc2C1. The van der Waals surface area contributed by atoms with Gasteiger partial charge in [0, 0.05) is 31.5 Å². The van der Waals surface area contributed by atoms with Crippen LogP contribution in [0.2, 0.25) is 0 Å². The van der Waals surface area contributed by atoms with Gasteiger partial charge in [0.1, 0.15) is 0 Å². The van der Waals surface area contributed by atoms with Gasteiger partial charge in [-0.3, -0.25) is 14.9 Å². The molecule has 0 aromatic carbocycles. The molecule has 12 heavy (non-hydrogen) atoms. The minimum Gasteiger partial charge on any atom is -0.289 e. The van der Waals surface area contributed by atoms with Gasteiger partial charge in [0.25, 0.3) is 0 Å². The van der Waals surface area contributed by atoms with Gasteiger partial charge in [-0.2, -0.15) is 0 Å². The van der Waals surface area contributed by atoms with Crippen molar-refractivity contribution in [2.75, 3.05) is 0 Å². The lowest BCUT2D eigenvalue weighted by Crippen LogP contribution is -2.24. The molecule has 0 radical (unpaired) electrons. The molecule has 0 saturated heterocycles.